The maximum Gasteiger partial charge on any atom is 0.403 e. The number of halogens is 3. The summed E-state index contributed by atoms with van der Waals surface area (Å²) in [7, 11) is 0. The van der Waals surface area contributed by atoms with E-state index in [-0.39, 0.29) is 6.04 Å². The first-order valence-corrected chi connectivity index (χ1v) is 5.35. The third kappa shape index (κ3) is 3.37. The van der Waals surface area contributed by atoms with E-state index in [9.17, 15) is 18.0 Å². The summed E-state index contributed by atoms with van der Waals surface area (Å²) in [4.78, 5) is 10.5. The van der Waals surface area contributed by atoms with Crippen LogP contribution in [0.3, 0.4) is 0 Å². The lowest BCUT2D eigenvalue weighted by molar-refractivity contribution is -0.192. The van der Waals surface area contributed by atoms with Crippen molar-refractivity contribution in [3.63, 3.8) is 0 Å². The lowest BCUT2D eigenvalue weighted by Crippen LogP contribution is -2.45. The van der Waals surface area contributed by atoms with Gasteiger partial charge in [-0.3, -0.25) is 4.79 Å². The van der Waals surface area contributed by atoms with Crippen molar-refractivity contribution in [1.29, 1.82) is 0 Å². The fourth-order valence-electron chi connectivity index (χ4n) is 1.75. The molecule has 0 spiro atoms. The van der Waals surface area contributed by atoms with Crippen LogP contribution >= 0.6 is 0 Å². The summed E-state index contributed by atoms with van der Waals surface area (Å²) in [5.74, 6) is -3.74. The number of hydrogen-bond acceptors (Lipinski definition) is 2. The highest BCUT2D eigenvalue weighted by Crippen LogP contribution is 2.30. The molecule has 94 valence electrons. The number of carboxylic acids is 1. The predicted octanol–water partition coefficient (Wildman–Crippen LogP) is 2.03. The van der Waals surface area contributed by atoms with Crippen molar-refractivity contribution >= 4 is 5.97 Å². The minimum atomic E-state index is -4.68. The largest absolute Gasteiger partial charge is 0.481 e. The van der Waals surface area contributed by atoms with Gasteiger partial charge in [-0.1, -0.05) is 6.42 Å². The number of alkyl halides is 3. The normalized spacial score (nSPS) is 21.2. The number of carbonyl (C=O) groups is 1. The minimum absolute atomic E-state index is 0.0436. The first-order valence-electron chi connectivity index (χ1n) is 5.35. The second-order valence-corrected chi connectivity index (χ2v) is 4.32. The Hall–Kier alpha value is -0.780. The molecule has 3 nitrogen and oxygen atoms in total. The molecule has 0 saturated heterocycles. The van der Waals surface area contributed by atoms with Gasteiger partial charge in [-0.05, 0) is 25.7 Å². The molecule has 1 aliphatic rings. The maximum absolute atomic E-state index is 12.3. The van der Waals surface area contributed by atoms with Crippen molar-refractivity contribution in [1.82, 2.24) is 5.32 Å². The van der Waals surface area contributed by atoms with Gasteiger partial charge in [0.05, 0.1) is 0 Å². The molecule has 0 heterocycles. The molecule has 2 atom stereocenters. The first kappa shape index (κ1) is 13.3. The molecule has 6 heteroatoms. The SMILES string of the molecule is CC(NCC(C(=O)O)C(F)(F)F)C1CCC1. The fraction of sp³-hybridized carbons (Fsp3) is 0.900. The smallest absolute Gasteiger partial charge is 0.403 e. The third-order valence-electron chi connectivity index (χ3n) is 3.19. The highest BCUT2D eigenvalue weighted by atomic mass is 19.4. The number of nitrogens with one attached hydrogen (secondary N) is 1. The van der Waals surface area contributed by atoms with Gasteiger partial charge in [-0.25, -0.2) is 0 Å². The van der Waals surface area contributed by atoms with Gasteiger partial charge < -0.3 is 10.4 Å². The van der Waals surface area contributed by atoms with Gasteiger partial charge in [0, 0.05) is 12.6 Å². The van der Waals surface area contributed by atoms with Crippen LogP contribution in [0.15, 0.2) is 0 Å². The Balaban J connectivity index is 2.40. The lowest BCUT2D eigenvalue weighted by Gasteiger charge is -2.32. The molecular weight excluding hydrogens is 223 g/mol. The van der Waals surface area contributed by atoms with Crippen molar-refractivity contribution < 1.29 is 23.1 Å². The molecule has 1 aliphatic carbocycles. The summed E-state index contributed by atoms with van der Waals surface area (Å²) in [6, 6.07) is -0.0436. The van der Waals surface area contributed by atoms with Crippen LogP contribution in [0.25, 0.3) is 0 Å². The number of rotatable bonds is 5. The highest BCUT2D eigenvalue weighted by molar-refractivity contribution is 5.71. The molecule has 2 unspecified atom stereocenters. The molecule has 0 bridgehead atoms. The van der Waals surface area contributed by atoms with Crippen LogP contribution in [0.4, 0.5) is 13.2 Å². The minimum Gasteiger partial charge on any atom is -0.481 e. The monoisotopic (exact) mass is 239 g/mol. The average Bonchev–Trinajstić information content (AvgIpc) is 1.96. The van der Waals surface area contributed by atoms with Crippen LogP contribution in [0, 0.1) is 11.8 Å². The first-order chi connectivity index (χ1) is 7.32. The quantitative estimate of drug-likeness (QED) is 0.771. The van der Waals surface area contributed by atoms with E-state index < -0.39 is 24.6 Å². The van der Waals surface area contributed by atoms with Crippen LogP contribution in [0.5, 0.6) is 0 Å². The van der Waals surface area contributed by atoms with Crippen LogP contribution in [0.1, 0.15) is 26.2 Å². The summed E-state index contributed by atoms with van der Waals surface area (Å²) in [5.41, 5.74) is 0. The topological polar surface area (TPSA) is 49.3 Å². The molecule has 0 aliphatic heterocycles. The van der Waals surface area contributed by atoms with Gasteiger partial charge in [-0.15, -0.1) is 0 Å². The van der Waals surface area contributed by atoms with Gasteiger partial charge in [0.15, 0.2) is 5.92 Å². The van der Waals surface area contributed by atoms with E-state index in [1.165, 1.54) is 0 Å². The summed E-state index contributed by atoms with van der Waals surface area (Å²) in [6.07, 6.45) is -1.55. The predicted molar refractivity (Wildman–Crippen MR) is 52.0 cm³/mol. The molecule has 0 aromatic rings. The zero-order valence-corrected chi connectivity index (χ0v) is 9.05. The van der Waals surface area contributed by atoms with Gasteiger partial charge >= 0.3 is 12.1 Å². The van der Waals surface area contributed by atoms with E-state index in [1.807, 2.05) is 0 Å². The molecule has 0 aromatic carbocycles. The molecular formula is C10H16F3NO2. The average molecular weight is 239 g/mol. The molecule has 0 amide bonds. The number of hydrogen-bond donors (Lipinski definition) is 2. The number of aliphatic carboxylic acids is 1. The van der Waals surface area contributed by atoms with E-state index in [0.29, 0.717) is 5.92 Å². The second-order valence-electron chi connectivity index (χ2n) is 4.32. The van der Waals surface area contributed by atoms with Crippen molar-refractivity contribution in [2.45, 2.75) is 38.4 Å². The van der Waals surface area contributed by atoms with Gasteiger partial charge in [0.2, 0.25) is 0 Å². The Bertz CT molecular complexity index is 251. The van der Waals surface area contributed by atoms with E-state index in [4.69, 9.17) is 5.11 Å². The Labute approximate surface area is 92.0 Å². The summed E-state index contributed by atoms with van der Waals surface area (Å²) in [5, 5.41) is 11.1. The fourth-order valence-corrected chi connectivity index (χ4v) is 1.75. The van der Waals surface area contributed by atoms with Crippen molar-refractivity contribution in [3.05, 3.63) is 0 Å². The molecule has 0 aromatic heterocycles. The van der Waals surface area contributed by atoms with E-state index in [1.54, 1.807) is 6.92 Å². The van der Waals surface area contributed by atoms with E-state index >= 15 is 0 Å². The van der Waals surface area contributed by atoms with Crippen LogP contribution < -0.4 is 5.32 Å². The molecule has 2 N–H and O–H groups in total. The van der Waals surface area contributed by atoms with Gasteiger partial charge in [0.1, 0.15) is 0 Å². The Morgan fingerprint density at radius 2 is 2.06 bits per heavy atom. The van der Waals surface area contributed by atoms with Gasteiger partial charge in [-0.2, -0.15) is 13.2 Å². The van der Waals surface area contributed by atoms with Crippen molar-refractivity contribution in [3.8, 4) is 0 Å². The van der Waals surface area contributed by atoms with Crippen LogP contribution in [0.2, 0.25) is 0 Å². The lowest BCUT2D eigenvalue weighted by atomic mass is 9.80. The molecule has 1 fully saturated rings. The Morgan fingerprint density at radius 1 is 1.50 bits per heavy atom. The molecule has 16 heavy (non-hydrogen) atoms. The van der Waals surface area contributed by atoms with E-state index in [2.05, 4.69) is 5.32 Å². The van der Waals surface area contributed by atoms with E-state index in [0.717, 1.165) is 19.3 Å². The zero-order valence-electron chi connectivity index (χ0n) is 9.05. The number of carboxylic acid groups (broad SMARTS) is 1. The van der Waals surface area contributed by atoms with Crippen LogP contribution in [-0.2, 0) is 4.79 Å². The van der Waals surface area contributed by atoms with Crippen LogP contribution in [-0.4, -0.2) is 29.8 Å². The molecule has 0 radical (unpaired) electrons. The van der Waals surface area contributed by atoms with Crippen molar-refractivity contribution in [2.75, 3.05) is 6.54 Å². The summed E-state index contributed by atoms with van der Waals surface area (Å²) < 4.78 is 36.9. The standard InChI is InChI=1S/C10H16F3NO2/c1-6(7-3-2-4-7)14-5-8(9(15)16)10(11,12)13/h6-8,14H,2-5H2,1H3,(H,15,16). The Kier molecular flexibility index (Phi) is 4.18. The molecule has 1 saturated carbocycles. The zero-order chi connectivity index (χ0) is 12.3. The van der Waals surface area contributed by atoms with Crippen molar-refractivity contribution in [2.24, 2.45) is 11.8 Å². The maximum atomic E-state index is 12.3. The third-order valence-corrected chi connectivity index (χ3v) is 3.19. The Morgan fingerprint density at radius 3 is 2.38 bits per heavy atom. The summed E-state index contributed by atoms with van der Waals surface area (Å²) in [6.45, 7) is 1.26. The van der Waals surface area contributed by atoms with Gasteiger partial charge in [0.25, 0.3) is 0 Å². The highest BCUT2D eigenvalue weighted by Gasteiger charge is 2.45. The summed E-state index contributed by atoms with van der Waals surface area (Å²) >= 11 is 0. The molecule has 1 rings (SSSR count). The second kappa shape index (κ2) is 5.03.